The predicted octanol–water partition coefficient (Wildman–Crippen LogP) is 2.27. The van der Waals surface area contributed by atoms with Crippen LogP contribution in [-0.2, 0) is 6.54 Å². The van der Waals surface area contributed by atoms with E-state index in [1.165, 1.54) is 6.07 Å². The maximum Gasteiger partial charge on any atom is 0.191 e. The summed E-state index contributed by atoms with van der Waals surface area (Å²) in [6.45, 7) is 2.84. The van der Waals surface area contributed by atoms with Gasteiger partial charge in [0, 0.05) is 25.7 Å². The van der Waals surface area contributed by atoms with Crippen LogP contribution in [0.1, 0.15) is 12.5 Å². The number of halogens is 3. The molecule has 3 nitrogen and oxygen atoms in total. The van der Waals surface area contributed by atoms with Gasteiger partial charge in [-0.3, -0.25) is 4.99 Å². The van der Waals surface area contributed by atoms with Crippen LogP contribution >= 0.6 is 24.0 Å². The van der Waals surface area contributed by atoms with Crippen molar-refractivity contribution in [3.8, 4) is 0 Å². The van der Waals surface area contributed by atoms with Gasteiger partial charge in [0.2, 0.25) is 0 Å². The predicted molar refractivity (Wildman–Crippen MR) is 75.6 cm³/mol. The molecule has 0 fully saturated rings. The Morgan fingerprint density at radius 1 is 1.29 bits per heavy atom. The van der Waals surface area contributed by atoms with Crippen molar-refractivity contribution in [3.05, 3.63) is 35.4 Å². The van der Waals surface area contributed by atoms with Gasteiger partial charge >= 0.3 is 0 Å². The van der Waals surface area contributed by atoms with E-state index in [9.17, 15) is 8.78 Å². The fraction of sp³-hybridized carbons (Fsp3) is 0.364. The van der Waals surface area contributed by atoms with E-state index in [2.05, 4.69) is 15.6 Å². The highest BCUT2D eigenvalue weighted by molar-refractivity contribution is 14.0. The van der Waals surface area contributed by atoms with Crippen LogP contribution < -0.4 is 10.6 Å². The molecule has 0 unspecified atom stereocenters. The number of rotatable bonds is 3. The summed E-state index contributed by atoms with van der Waals surface area (Å²) in [6.07, 6.45) is 0. The van der Waals surface area contributed by atoms with Crippen molar-refractivity contribution in [2.45, 2.75) is 13.5 Å². The Kier molecular flexibility index (Phi) is 7.77. The topological polar surface area (TPSA) is 36.4 Å². The molecule has 1 aromatic carbocycles. The van der Waals surface area contributed by atoms with Gasteiger partial charge in [-0.1, -0.05) is 0 Å². The minimum atomic E-state index is -0.448. The third kappa shape index (κ3) is 5.29. The Balaban J connectivity index is 0.00000256. The van der Waals surface area contributed by atoms with E-state index in [-0.39, 0.29) is 36.1 Å². The van der Waals surface area contributed by atoms with Crippen molar-refractivity contribution in [1.29, 1.82) is 0 Å². The molecule has 0 aliphatic heterocycles. The average molecular weight is 355 g/mol. The molecule has 2 N–H and O–H groups in total. The number of hydrogen-bond donors (Lipinski definition) is 2. The quantitative estimate of drug-likeness (QED) is 0.496. The molecule has 1 rings (SSSR count). The Morgan fingerprint density at radius 3 is 2.59 bits per heavy atom. The van der Waals surface area contributed by atoms with Gasteiger partial charge in [-0.2, -0.15) is 0 Å². The van der Waals surface area contributed by atoms with Gasteiger partial charge in [-0.15, -0.1) is 24.0 Å². The monoisotopic (exact) mass is 355 g/mol. The van der Waals surface area contributed by atoms with Crippen LogP contribution in [0.4, 0.5) is 8.78 Å². The first-order chi connectivity index (χ1) is 7.67. The van der Waals surface area contributed by atoms with Crippen LogP contribution in [0.5, 0.6) is 0 Å². The first-order valence-corrected chi connectivity index (χ1v) is 5.05. The number of nitrogens with one attached hydrogen (secondary N) is 2. The summed E-state index contributed by atoms with van der Waals surface area (Å²) in [5, 5.41) is 5.85. The number of aliphatic imine (C=N–C) groups is 1. The lowest BCUT2D eigenvalue weighted by molar-refractivity contribution is 0.581. The Bertz CT molecular complexity index is 383. The SMILES string of the molecule is CCNC(=NC)NCc1cc(F)ccc1F.I. The fourth-order valence-corrected chi connectivity index (χ4v) is 1.25. The Morgan fingerprint density at radius 2 is 2.00 bits per heavy atom. The molecule has 0 aliphatic carbocycles. The molecular formula is C11H16F2IN3. The summed E-state index contributed by atoms with van der Waals surface area (Å²) in [7, 11) is 1.62. The van der Waals surface area contributed by atoms with Crippen LogP contribution in [0.3, 0.4) is 0 Å². The second-order valence-electron chi connectivity index (χ2n) is 3.19. The van der Waals surface area contributed by atoms with E-state index in [4.69, 9.17) is 0 Å². The third-order valence-electron chi connectivity index (χ3n) is 2.02. The van der Waals surface area contributed by atoms with E-state index < -0.39 is 11.6 Å². The molecule has 0 heterocycles. The highest BCUT2D eigenvalue weighted by atomic mass is 127. The largest absolute Gasteiger partial charge is 0.357 e. The maximum atomic E-state index is 13.2. The van der Waals surface area contributed by atoms with Crippen LogP contribution in [-0.4, -0.2) is 19.6 Å². The first-order valence-electron chi connectivity index (χ1n) is 5.05. The lowest BCUT2D eigenvalue weighted by Gasteiger charge is -2.10. The van der Waals surface area contributed by atoms with Gasteiger partial charge in [0.15, 0.2) is 5.96 Å². The van der Waals surface area contributed by atoms with Gasteiger partial charge in [-0.25, -0.2) is 8.78 Å². The zero-order valence-electron chi connectivity index (χ0n) is 9.76. The van der Waals surface area contributed by atoms with Gasteiger partial charge in [0.25, 0.3) is 0 Å². The first kappa shape index (κ1) is 16.1. The van der Waals surface area contributed by atoms with Crippen LogP contribution in [0.2, 0.25) is 0 Å². The van der Waals surface area contributed by atoms with Crippen LogP contribution in [0, 0.1) is 11.6 Å². The third-order valence-corrected chi connectivity index (χ3v) is 2.02. The molecule has 0 bridgehead atoms. The van der Waals surface area contributed by atoms with Gasteiger partial charge < -0.3 is 10.6 Å². The number of nitrogens with zero attached hydrogens (tertiary/aromatic N) is 1. The number of hydrogen-bond acceptors (Lipinski definition) is 1. The molecule has 0 aromatic heterocycles. The smallest absolute Gasteiger partial charge is 0.191 e. The van der Waals surface area contributed by atoms with Crippen molar-refractivity contribution in [3.63, 3.8) is 0 Å². The molecule has 0 spiro atoms. The van der Waals surface area contributed by atoms with Gasteiger partial charge in [0.1, 0.15) is 11.6 Å². The van der Waals surface area contributed by atoms with E-state index >= 15 is 0 Å². The highest BCUT2D eigenvalue weighted by Crippen LogP contribution is 2.08. The van der Waals surface area contributed by atoms with Crippen molar-refractivity contribution >= 4 is 29.9 Å². The number of guanidine groups is 1. The molecule has 96 valence electrons. The molecule has 17 heavy (non-hydrogen) atoms. The molecular weight excluding hydrogens is 339 g/mol. The summed E-state index contributed by atoms with van der Waals surface area (Å²) >= 11 is 0. The molecule has 0 amide bonds. The van der Waals surface area contributed by atoms with Crippen molar-refractivity contribution in [2.24, 2.45) is 4.99 Å². The van der Waals surface area contributed by atoms with Gasteiger partial charge in [0.05, 0.1) is 0 Å². The zero-order chi connectivity index (χ0) is 12.0. The summed E-state index contributed by atoms with van der Waals surface area (Å²) in [4.78, 5) is 3.92. The lowest BCUT2D eigenvalue weighted by atomic mass is 10.2. The Hall–Kier alpha value is -0.920. The maximum absolute atomic E-state index is 13.2. The molecule has 1 aromatic rings. The molecule has 0 atom stereocenters. The second-order valence-corrected chi connectivity index (χ2v) is 3.19. The summed E-state index contributed by atoms with van der Waals surface area (Å²) in [6, 6.07) is 3.38. The summed E-state index contributed by atoms with van der Waals surface area (Å²) in [5.74, 6) is -0.316. The molecule has 0 radical (unpaired) electrons. The zero-order valence-corrected chi connectivity index (χ0v) is 12.1. The van der Waals surface area contributed by atoms with Crippen molar-refractivity contribution in [2.75, 3.05) is 13.6 Å². The molecule has 6 heteroatoms. The number of benzene rings is 1. The van der Waals surface area contributed by atoms with Gasteiger partial charge in [-0.05, 0) is 25.1 Å². The fourth-order valence-electron chi connectivity index (χ4n) is 1.25. The Labute approximate surface area is 117 Å². The average Bonchev–Trinajstić information content (AvgIpc) is 2.28. The van der Waals surface area contributed by atoms with Crippen molar-refractivity contribution < 1.29 is 8.78 Å². The summed E-state index contributed by atoms with van der Waals surface area (Å²) in [5.41, 5.74) is 0.277. The van der Waals surface area contributed by atoms with E-state index in [1.54, 1.807) is 7.05 Å². The highest BCUT2D eigenvalue weighted by Gasteiger charge is 2.04. The molecule has 0 aliphatic rings. The normalized spacial score (nSPS) is 10.7. The second kappa shape index (κ2) is 8.21. The van der Waals surface area contributed by atoms with Crippen LogP contribution in [0.15, 0.2) is 23.2 Å². The van der Waals surface area contributed by atoms with Crippen molar-refractivity contribution in [1.82, 2.24) is 10.6 Å². The minimum Gasteiger partial charge on any atom is -0.357 e. The molecule has 0 saturated carbocycles. The minimum absolute atomic E-state index is 0. The standard InChI is InChI=1S/C11H15F2N3.HI/c1-3-15-11(14-2)16-7-8-6-9(12)4-5-10(8)13;/h4-6H,3,7H2,1-2H3,(H2,14,15,16);1H. The van der Waals surface area contributed by atoms with E-state index in [1.807, 2.05) is 6.92 Å². The van der Waals surface area contributed by atoms with E-state index in [0.717, 1.165) is 12.1 Å². The summed E-state index contributed by atoms with van der Waals surface area (Å²) < 4.78 is 26.1. The lowest BCUT2D eigenvalue weighted by Crippen LogP contribution is -2.36. The van der Waals surface area contributed by atoms with Crippen LogP contribution in [0.25, 0.3) is 0 Å². The van der Waals surface area contributed by atoms with E-state index in [0.29, 0.717) is 12.5 Å². The molecule has 0 saturated heterocycles.